The van der Waals surface area contributed by atoms with Gasteiger partial charge in [-0.25, -0.2) is 0 Å². The highest BCUT2D eigenvalue weighted by atomic mass is 16.5. The first-order chi connectivity index (χ1) is 15.7. The lowest BCUT2D eigenvalue weighted by molar-refractivity contribution is -0.152. The molecule has 6 rings (SSSR count). The molecule has 2 heteroatoms. The first kappa shape index (κ1) is 22.3. The van der Waals surface area contributed by atoms with E-state index >= 15 is 0 Å². The van der Waals surface area contributed by atoms with Crippen LogP contribution in [0.25, 0.3) is 0 Å². The fraction of sp³-hybridized carbons (Fsp3) is 0.774. The van der Waals surface area contributed by atoms with Gasteiger partial charge in [0.05, 0.1) is 18.2 Å². The van der Waals surface area contributed by atoms with E-state index in [1.807, 2.05) is 0 Å². The minimum atomic E-state index is -0.00912. The van der Waals surface area contributed by atoms with Crippen molar-refractivity contribution in [1.29, 1.82) is 0 Å². The second-order valence-electron chi connectivity index (χ2n) is 13.9. The maximum absolute atomic E-state index is 6.48. The van der Waals surface area contributed by atoms with E-state index in [1.54, 1.807) is 5.56 Å². The normalized spacial score (nSPS) is 44.2. The molecule has 0 spiro atoms. The van der Waals surface area contributed by atoms with E-state index in [-0.39, 0.29) is 5.60 Å². The van der Waals surface area contributed by atoms with Crippen LogP contribution in [-0.4, -0.2) is 17.9 Å². The molecule has 8 atom stereocenters. The molecule has 1 heterocycles. The van der Waals surface area contributed by atoms with Gasteiger partial charge in [-0.15, -0.1) is 0 Å². The second-order valence-corrected chi connectivity index (χ2v) is 13.9. The Morgan fingerprint density at radius 1 is 0.909 bits per heavy atom. The number of hydrogen-bond donors (Lipinski definition) is 0. The van der Waals surface area contributed by atoms with Crippen molar-refractivity contribution in [2.24, 2.45) is 39.5 Å². The molecule has 1 aromatic rings. The fourth-order valence-electron chi connectivity index (χ4n) is 9.72. The quantitative estimate of drug-likeness (QED) is 0.451. The van der Waals surface area contributed by atoms with Gasteiger partial charge in [0.25, 0.3) is 0 Å². The Morgan fingerprint density at radius 2 is 1.70 bits per heavy atom. The van der Waals surface area contributed by atoms with Crippen molar-refractivity contribution < 1.29 is 4.74 Å². The minimum Gasteiger partial charge on any atom is -0.373 e. The Kier molecular flexibility index (Phi) is 5.19. The predicted molar refractivity (Wildman–Crippen MR) is 137 cm³/mol. The average Bonchev–Trinajstić information content (AvgIpc) is 3.36. The summed E-state index contributed by atoms with van der Waals surface area (Å²) >= 11 is 0. The van der Waals surface area contributed by atoms with E-state index in [0.29, 0.717) is 16.9 Å². The third-order valence-electron chi connectivity index (χ3n) is 11.2. The Morgan fingerprint density at radius 3 is 2.52 bits per heavy atom. The molecule has 0 N–H and O–H groups in total. The molecule has 2 nitrogen and oxygen atoms in total. The number of ether oxygens (including phenoxy) is 1. The topological polar surface area (TPSA) is 21.6 Å². The van der Waals surface area contributed by atoms with Gasteiger partial charge in [-0.2, -0.15) is 0 Å². The number of aliphatic imine (C=N–C) groups is 1. The van der Waals surface area contributed by atoms with Gasteiger partial charge in [-0.05, 0) is 136 Å². The summed E-state index contributed by atoms with van der Waals surface area (Å²) in [7, 11) is 0. The van der Waals surface area contributed by atoms with Crippen LogP contribution in [0.4, 0.5) is 0 Å². The Bertz CT molecular complexity index is 943. The van der Waals surface area contributed by atoms with E-state index in [1.165, 1.54) is 68.9 Å². The molecule has 0 bridgehead atoms. The van der Waals surface area contributed by atoms with E-state index in [0.717, 1.165) is 36.1 Å². The lowest BCUT2D eigenvalue weighted by Gasteiger charge is -2.61. The Hall–Kier alpha value is -1.15. The van der Waals surface area contributed by atoms with Crippen molar-refractivity contribution in [3.8, 4) is 0 Å². The van der Waals surface area contributed by atoms with Crippen molar-refractivity contribution >= 4 is 6.21 Å². The first-order valence-electron chi connectivity index (χ1n) is 14.0. The van der Waals surface area contributed by atoms with Gasteiger partial charge in [0, 0.05) is 6.21 Å². The molecule has 5 aliphatic rings. The van der Waals surface area contributed by atoms with Crippen LogP contribution >= 0.6 is 0 Å². The number of hydrogen-bond acceptors (Lipinski definition) is 2. The molecule has 4 aliphatic carbocycles. The summed E-state index contributed by atoms with van der Waals surface area (Å²) < 4.78 is 6.48. The van der Waals surface area contributed by atoms with Crippen LogP contribution in [0.15, 0.2) is 23.2 Å². The SMILES string of the molecule is CC(C)(C)O[C@@H]1CC[C@@]2(C)[C@@H](CC[C@@H]3[C@@H]2CC[C@]2(C)[C@@H](c4ccc5c(c4)CN=C5)CC[C@@H]32)C1. The van der Waals surface area contributed by atoms with E-state index < -0.39 is 0 Å². The molecule has 180 valence electrons. The summed E-state index contributed by atoms with van der Waals surface area (Å²) in [4.78, 5) is 4.51. The molecule has 1 aromatic carbocycles. The molecule has 0 aromatic heterocycles. The highest BCUT2D eigenvalue weighted by Crippen LogP contribution is 2.69. The lowest BCUT2D eigenvalue weighted by atomic mass is 9.44. The molecule has 0 amide bonds. The van der Waals surface area contributed by atoms with Gasteiger partial charge in [0.1, 0.15) is 0 Å². The van der Waals surface area contributed by atoms with Gasteiger partial charge in [0.2, 0.25) is 0 Å². The average molecular weight is 448 g/mol. The second kappa shape index (κ2) is 7.67. The Balaban J connectivity index is 1.21. The summed E-state index contributed by atoms with van der Waals surface area (Å²) in [6.07, 6.45) is 15.1. The number of rotatable bonds is 2. The largest absolute Gasteiger partial charge is 0.373 e. The van der Waals surface area contributed by atoms with Crippen molar-refractivity contribution in [3.63, 3.8) is 0 Å². The summed E-state index contributed by atoms with van der Waals surface area (Å²) in [5.74, 6) is 4.44. The van der Waals surface area contributed by atoms with Gasteiger partial charge in [-0.1, -0.05) is 32.0 Å². The highest BCUT2D eigenvalue weighted by Gasteiger charge is 2.60. The minimum absolute atomic E-state index is 0.00912. The van der Waals surface area contributed by atoms with Crippen LogP contribution in [0.2, 0.25) is 0 Å². The van der Waals surface area contributed by atoms with Crippen LogP contribution in [0.3, 0.4) is 0 Å². The molecule has 33 heavy (non-hydrogen) atoms. The molecule has 0 saturated heterocycles. The predicted octanol–water partition coefficient (Wildman–Crippen LogP) is 7.93. The van der Waals surface area contributed by atoms with Crippen LogP contribution in [-0.2, 0) is 11.3 Å². The highest BCUT2D eigenvalue weighted by molar-refractivity contribution is 5.84. The lowest BCUT2D eigenvalue weighted by Crippen LogP contribution is -2.54. The molecular weight excluding hydrogens is 402 g/mol. The van der Waals surface area contributed by atoms with Gasteiger partial charge >= 0.3 is 0 Å². The third-order valence-corrected chi connectivity index (χ3v) is 11.2. The van der Waals surface area contributed by atoms with Crippen LogP contribution in [0.1, 0.15) is 115 Å². The maximum atomic E-state index is 6.48. The zero-order valence-electron chi connectivity index (χ0n) is 21.7. The zero-order chi connectivity index (χ0) is 23.0. The zero-order valence-corrected chi connectivity index (χ0v) is 21.7. The smallest absolute Gasteiger partial charge is 0.0646 e. The number of fused-ring (bicyclic) bond motifs is 6. The maximum Gasteiger partial charge on any atom is 0.0646 e. The molecule has 1 aliphatic heterocycles. The summed E-state index contributed by atoms with van der Waals surface area (Å²) in [5, 5.41) is 0. The number of benzene rings is 1. The van der Waals surface area contributed by atoms with Gasteiger partial charge < -0.3 is 4.74 Å². The monoisotopic (exact) mass is 447 g/mol. The molecule has 4 saturated carbocycles. The summed E-state index contributed by atoms with van der Waals surface area (Å²) in [5.41, 5.74) is 5.44. The molecular formula is C31H45NO. The van der Waals surface area contributed by atoms with Crippen molar-refractivity contribution in [3.05, 3.63) is 34.9 Å². The van der Waals surface area contributed by atoms with Gasteiger partial charge in [-0.3, -0.25) is 4.99 Å². The van der Waals surface area contributed by atoms with Crippen molar-refractivity contribution in [2.75, 3.05) is 0 Å². The Labute approximate surface area is 202 Å². The standard InChI is InChI=1S/C31H45NO/c1-29(2,3)33-24-12-14-30(4)23(17-24)8-9-25-27-11-10-26(31(27,5)15-13-28(25)30)20-6-7-21-18-32-19-22(21)16-20/h6-7,16,18,23-28H,8-15,17,19H2,1-5H3/t23-,24+,25-,26+,27-,28-,30-,31+/m0/s1. The number of nitrogens with zero attached hydrogens (tertiary/aromatic N) is 1. The van der Waals surface area contributed by atoms with Crippen LogP contribution < -0.4 is 0 Å². The fourth-order valence-corrected chi connectivity index (χ4v) is 9.72. The molecule has 0 radical (unpaired) electrons. The molecule has 4 fully saturated rings. The first-order valence-corrected chi connectivity index (χ1v) is 14.0. The third kappa shape index (κ3) is 3.57. The van der Waals surface area contributed by atoms with Crippen molar-refractivity contribution in [2.45, 2.75) is 117 Å². The van der Waals surface area contributed by atoms with Crippen LogP contribution in [0.5, 0.6) is 0 Å². The summed E-state index contributed by atoms with van der Waals surface area (Å²) in [6, 6.07) is 7.30. The van der Waals surface area contributed by atoms with Crippen LogP contribution in [0, 0.1) is 34.5 Å². The van der Waals surface area contributed by atoms with E-state index in [9.17, 15) is 0 Å². The van der Waals surface area contributed by atoms with E-state index in [4.69, 9.17) is 4.74 Å². The molecule has 0 unspecified atom stereocenters. The van der Waals surface area contributed by atoms with E-state index in [2.05, 4.69) is 64.0 Å². The summed E-state index contributed by atoms with van der Waals surface area (Å²) in [6.45, 7) is 12.9. The van der Waals surface area contributed by atoms with Crippen molar-refractivity contribution in [1.82, 2.24) is 0 Å². The van der Waals surface area contributed by atoms with Gasteiger partial charge in [0.15, 0.2) is 0 Å².